The molecule has 0 spiro atoms. The van der Waals surface area contributed by atoms with Gasteiger partial charge in [0.25, 0.3) is 0 Å². The van der Waals surface area contributed by atoms with Crippen molar-refractivity contribution in [3.8, 4) is 0 Å². The molecule has 18 heavy (non-hydrogen) atoms. The van der Waals surface area contributed by atoms with Crippen LogP contribution in [0.1, 0.15) is 25.3 Å². The van der Waals surface area contributed by atoms with Crippen LogP contribution in [0.3, 0.4) is 0 Å². The van der Waals surface area contributed by atoms with Gasteiger partial charge in [-0.2, -0.15) is 0 Å². The molecule has 96 valence electrons. The van der Waals surface area contributed by atoms with Crippen LogP contribution in [0.4, 0.5) is 11.4 Å². The van der Waals surface area contributed by atoms with Gasteiger partial charge in [-0.05, 0) is 37.1 Å². The minimum Gasteiger partial charge on any atom is -0.385 e. The lowest BCUT2D eigenvalue weighted by atomic mass is 10.1. The first kappa shape index (κ1) is 12.6. The molecule has 0 unspecified atom stereocenters. The normalized spacial score (nSPS) is 13.7. The number of amides is 1. The lowest BCUT2D eigenvalue weighted by Gasteiger charge is -2.11. The van der Waals surface area contributed by atoms with Gasteiger partial charge >= 0.3 is 0 Å². The van der Waals surface area contributed by atoms with E-state index in [2.05, 4.69) is 5.32 Å². The average molecular weight is 246 g/mol. The van der Waals surface area contributed by atoms with E-state index in [9.17, 15) is 9.59 Å². The topological polar surface area (TPSA) is 49.4 Å². The van der Waals surface area contributed by atoms with E-state index >= 15 is 0 Å². The molecule has 0 saturated heterocycles. The maximum atomic E-state index is 11.5. The summed E-state index contributed by atoms with van der Waals surface area (Å²) >= 11 is 0. The number of hydrogen-bond donors (Lipinski definition) is 1. The molecule has 0 fully saturated rings. The number of carbonyl (C=O) groups is 2. The number of hydrogen-bond acceptors (Lipinski definition) is 3. The predicted molar refractivity (Wildman–Crippen MR) is 72.0 cm³/mol. The smallest absolute Gasteiger partial charge is 0.231 e. The van der Waals surface area contributed by atoms with Gasteiger partial charge < -0.3 is 15.0 Å². The number of benzene rings is 1. The first-order valence-corrected chi connectivity index (χ1v) is 6.20. The Balaban J connectivity index is 1.94. The van der Waals surface area contributed by atoms with Crippen molar-refractivity contribution in [3.05, 3.63) is 23.8 Å². The highest BCUT2D eigenvalue weighted by Crippen LogP contribution is 2.29. The highest BCUT2D eigenvalue weighted by molar-refractivity contribution is 6.01. The van der Waals surface area contributed by atoms with Crippen LogP contribution >= 0.6 is 0 Å². The Bertz CT molecular complexity index is 483. The molecular weight excluding hydrogens is 228 g/mol. The third-order valence-electron chi connectivity index (χ3n) is 3.19. The number of carbonyl (C=O) groups excluding carboxylic acids is 2. The summed E-state index contributed by atoms with van der Waals surface area (Å²) in [5.74, 6) is 0.358. The van der Waals surface area contributed by atoms with E-state index < -0.39 is 0 Å². The number of nitrogens with one attached hydrogen (secondary N) is 1. The maximum absolute atomic E-state index is 11.5. The fourth-order valence-corrected chi connectivity index (χ4v) is 2.15. The summed E-state index contributed by atoms with van der Waals surface area (Å²) in [6.45, 7) is 2.39. The van der Waals surface area contributed by atoms with Gasteiger partial charge in [0.1, 0.15) is 5.78 Å². The molecule has 1 aliphatic heterocycles. The van der Waals surface area contributed by atoms with E-state index in [1.165, 1.54) is 0 Å². The molecule has 0 aromatic heterocycles. The first-order chi connectivity index (χ1) is 8.58. The van der Waals surface area contributed by atoms with E-state index in [4.69, 9.17) is 0 Å². The highest BCUT2D eigenvalue weighted by Gasteiger charge is 2.23. The van der Waals surface area contributed by atoms with Crippen LogP contribution in [0.2, 0.25) is 0 Å². The van der Waals surface area contributed by atoms with Gasteiger partial charge in [-0.3, -0.25) is 4.79 Å². The summed E-state index contributed by atoms with van der Waals surface area (Å²) in [5.41, 5.74) is 3.08. The largest absolute Gasteiger partial charge is 0.385 e. The molecule has 0 atom stereocenters. The summed E-state index contributed by atoms with van der Waals surface area (Å²) in [6.07, 6.45) is 1.93. The molecule has 0 bridgehead atoms. The average Bonchev–Trinajstić information content (AvgIpc) is 2.60. The van der Waals surface area contributed by atoms with Gasteiger partial charge in [-0.25, -0.2) is 0 Å². The van der Waals surface area contributed by atoms with Crippen molar-refractivity contribution in [2.24, 2.45) is 0 Å². The summed E-state index contributed by atoms with van der Waals surface area (Å²) in [6, 6.07) is 5.96. The lowest BCUT2D eigenvalue weighted by Crippen LogP contribution is -2.20. The minimum atomic E-state index is 0.138. The first-order valence-electron chi connectivity index (χ1n) is 6.20. The molecule has 1 N–H and O–H groups in total. The van der Waals surface area contributed by atoms with Gasteiger partial charge in [-0.1, -0.05) is 0 Å². The second-order valence-corrected chi connectivity index (χ2v) is 4.71. The van der Waals surface area contributed by atoms with Crippen LogP contribution in [0.15, 0.2) is 18.2 Å². The fraction of sp³-hybridized carbons (Fsp3) is 0.429. The summed E-state index contributed by atoms with van der Waals surface area (Å²) in [4.78, 5) is 24.0. The maximum Gasteiger partial charge on any atom is 0.231 e. The zero-order valence-corrected chi connectivity index (χ0v) is 10.8. The molecule has 1 heterocycles. The SMILES string of the molecule is CC(=O)CCCNc1ccc2c(c1)CC(=O)N2C. The van der Waals surface area contributed by atoms with E-state index in [1.807, 2.05) is 18.2 Å². The molecule has 0 saturated carbocycles. The Kier molecular flexibility index (Phi) is 3.65. The monoisotopic (exact) mass is 246 g/mol. The summed E-state index contributed by atoms with van der Waals surface area (Å²) in [5, 5.41) is 3.28. The van der Waals surface area contributed by atoms with Crippen molar-refractivity contribution in [1.82, 2.24) is 0 Å². The Morgan fingerprint density at radius 2 is 2.22 bits per heavy atom. The molecule has 4 heteroatoms. The standard InChI is InChI=1S/C14H18N2O2/c1-10(17)4-3-7-15-12-5-6-13-11(8-12)9-14(18)16(13)2/h5-6,8,15H,3-4,7,9H2,1-2H3. The second kappa shape index (κ2) is 5.21. The summed E-state index contributed by atoms with van der Waals surface area (Å²) in [7, 11) is 1.80. The molecule has 1 aliphatic rings. The number of anilines is 2. The Morgan fingerprint density at radius 1 is 1.44 bits per heavy atom. The van der Waals surface area contributed by atoms with Crippen molar-refractivity contribution in [2.45, 2.75) is 26.2 Å². The molecule has 1 amide bonds. The zero-order chi connectivity index (χ0) is 13.1. The number of rotatable bonds is 5. The van der Waals surface area contributed by atoms with Crippen molar-refractivity contribution in [1.29, 1.82) is 0 Å². The number of fused-ring (bicyclic) bond motifs is 1. The highest BCUT2D eigenvalue weighted by atomic mass is 16.2. The molecule has 0 aliphatic carbocycles. The zero-order valence-electron chi connectivity index (χ0n) is 10.8. The lowest BCUT2D eigenvalue weighted by molar-refractivity contribution is -0.117. The Hall–Kier alpha value is -1.84. The minimum absolute atomic E-state index is 0.138. The molecular formula is C14H18N2O2. The number of nitrogens with zero attached hydrogens (tertiary/aromatic N) is 1. The second-order valence-electron chi connectivity index (χ2n) is 4.71. The number of likely N-dealkylation sites (N-methyl/N-ethyl adjacent to an activating group) is 1. The van der Waals surface area contributed by atoms with Crippen LogP contribution in [0, 0.1) is 0 Å². The van der Waals surface area contributed by atoms with Crippen molar-refractivity contribution in [3.63, 3.8) is 0 Å². The van der Waals surface area contributed by atoms with Crippen molar-refractivity contribution >= 4 is 23.1 Å². The fourth-order valence-electron chi connectivity index (χ4n) is 2.15. The van der Waals surface area contributed by atoms with E-state index in [0.29, 0.717) is 12.8 Å². The number of Topliss-reactive ketones (excluding diaryl/α,β-unsaturated/α-hetero) is 1. The molecule has 2 rings (SSSR count). The summed E-state index contributed by atoms with van der Waals surface area (Å²) < 4.78 is 0. The third-order valence-corrected chi connectivity index (χ3v) is 3.19. The quantitative estimate of drug-likeness (QED) is 0.808. The number of ketones is 1. The van der Waals surface area contributed by atoms with Gasteiger partial charge in [-0.15, -0.1) is 0 Å². The molecule has 4 nitrogen and oxygen atoms in total. The molecule has 1 aromatic carbocycles. The Morgan fingerprint density at radius 3 is 2.94 bits per heavy atom. The van der Waals surface area contributed by atoms with Crippen LogP contribution in [-0.4, -0.2) is 25.3 Å². The van der Waals surface area contributed by atoms with Gasteiger partial charge in [0.05, 0.1) is 6.42 Å². The van der Waals surface area contributed by atoms with Crippen molar-refractivity contribution in [2.75, 3.05) is 23.8 Å². The molecule has 0 radical (unpaired) electrons. The van der Waals surface area contributed by atoms with Gasteiger partial charge in [0.15, 0.2) is 0 Å². The van der Waals surface area contributed by atoms with Crippen LogP contribution in [-0.2, 0) is 16.0 Å². The van der Waals surface area contributed by atoms with E-state index in [1.54, 1.807) is 18.9 Å². The Labute approximate surface area is 107 Å². The van der Waals surface area contributed by atoms with E-state index in [-0.39, 0.29) is 11.7 Å². The van der Waals surface area contributed by atoms with Crippen LogP contribution in [0.5, 0.6) is 0 Å². The predicted octanol–water partition coefficient (Wildman–Crippen LogP) is 1.99. The van der Waals surface area contributed by atoms with Gasteiger partial charge in [0, 0.05) is 31.4 Å². The van der Waals surface area contributed by atoms with Crippen molar-refractivity contribution < 1.29 is 9.59 Å². The van der Waals surface area contributed by atoms with Gasteiger partial charge in [0.2, 0.25) is 5.91 Å². The van der Waals surface area contributed by atoms with E-state index in [0.717, 1.165) is 29.9 Å². The van der Waals surface area contributed by atoms with Crippen LogP contribution in [0.25, 0.3) is 0 Å². The third kappa shape index (κ3) is 2.70. The van der Waals surface area contributed by atoms with Crippen LogP contribution < -0.4 is 10.2 Å². The molecule has 1 aromatic rings.